The summed E-state index contributed by atoms with van der Waals surface area (Å²) in [5, 5.41) is 5.73. The Morgan fingerprint density at radius 2 is 1.82 bits per heavy atom. The molecular weight excluding hydrogens is 296 g/mol. The molecule has 3 rings (SSSR count). The molecule has 0 aliphatic carbocycles. The second-order valence-corrected chi connectivity index (χ2v) is 5.80. The van der Waals surface area contributed by atoms with E-state index < -0.39 is 0 Å². The molecule has 0 unspecified atom stereocenters. The highest BCUT2D eigenvalue weighted by atomic mass is 35.5. The van der Waals surface area contributed by atoms with Gasteiger partial charge in [0.25, 0.3) is 0 Å². The van der Waals surface area contributed by atoms with E-state index in [1.165, 1.54) is 10.8 Å². The monoisotopic (exact) mass is 318 g/mol. The third kappa shape index (κ3) is 3.79. The van der Waals surface area contributed by atoms with E-state index in [2.05, 4.69) is 35.6 Å². The van der Waals surface area contributed by atoms with Crippen LogP contribution in [0.1, 0.15) is 18.4 Å². The summed E-state index contributed by atoms with van der Waals surface area (Å²) < 4.78 is 0. The second-order valence-electron chi connectivity index (χ2n) is 5.80. The van der Waals surface area contributed by atoms with Gasteiger partial charge in [-0.05, 0) is 36.2 Å². The van der Waals surface area contributed by atoms with Gasteiger partial charge >= 0.3 is 0 Å². The number of piperidine rings is 1. The van der Waals surface area contributed by atoms with Gasteiger partial charge < -0.3 is 10.2 Å². The predicted octanol–water partition coefficient (Wildman–Crippen LogP) is 3.01. The Balaban J connectivity index is 0.00000176. The number of hydrogen-bond donors (Lipinski definition) is 1. The van der Waals surface area contributed by atoms with Gasteiger partial charge in [0.15, 0.2) is 0 Å². The summed E-state index contributed by atoms with van der Waals surface area (Å²) in [5.41, 5.74) is 1.11. The first kappa shape index (κ1) is 16.8. The molecule has 3 nitrogen and oxygen atoms in total. The van der Waals surface area contributed by atoms with Gasteiger partial charge in [-0.1, -0.05) is 42.5 Å². The number of fused-ring (bicyclic) bond motifs is 1. The minimum Gasteiger partial charge on any atom is -0.342 e. The van der Waals surface area contributed by atoms with Crippen LogP contribution in [0.15, 0.2) is 42.5 Å². The van der Waals surface area contributed by atoms with Gasteiger partial charge in [0.1, 0.15) is 0 Å². The summed E-state index contributed by atoms with van der Waals surface area (Å²) in [6.45, 7) is 1.75. The minimum atomic E-state index is 0. The van der Waals surface area contributed by atoms with Crippen molar-refractivity contribution in [2.75, 3.05) is 20.1 Å². The summed E-state index contributed by atoms with van der Waals surface area (Å²) in [6.07, 6.45) is 2.62. The van der Waals surface area contributed by atoms with Crippen molar-refractivity contribution in [2.45, 2.75) is 25.3 Å². The van der Waals surface area contributed by atoms with E-state index in [1.807, 2.05) is 24.1 Å². The van der Waals surface area contributed by atoms with E-state index in [0.717, 1.165) is 31.5 Å². The maximum absolute atomic E-state index is 12.4. The normalized spacial score (nSPS) is 15.6. The van der Waals surface area contributed by atoms with Gasteiger partial charge in [-0.15, -0.1) is 12.4 Å². The van der Waals surface area contributed by atoms with Gasteiger partial charge in [0.05, 0.1) is 6.42 Å². The molecule has 0 saturated carbocycles. The molecule has 0 atom stereocenters. The molecule has 0 radical (unpaired) electrons. The van der Waals surface area contributed by atoms with E-state index >= 15 is 0 Å². The molecule has 2 aromatic rings. The van der Waals surface area contributed by atoms with Gasteiger partial charge in [0, 0.05) is 19.1 Å². The van der Waals surface area contributed by atoms with Crippen molar-refractivity contribution >= 4 is 29.1 Å². The standard InChI is InChI=1S/C18H22N2O.ClH/c1-19-17-8-10-20(11-9-17)18(21)13-14-6-7-15-4-2-3-5-16(15)12-14;/h2-7,12,17,19H,8-11,13H2,1H3;1H. The summed E-state index contributed by atoms with van der Waals surface area (Å²) in [6, 6.07) is 15.1. The van der Waals surface area contributed by atoms with Crippen LogP contribution in [0.25, 0.3) is 10.8 Å². The molecule has 1 N–H and O–H groups in total. The highest BCUT2D eigenvalue weighted by Gasteiger charge is 2.21. The van der Waals surface area contributed by atoms with E-state index in [4.69, 9.17) is 0 Å². The van der Waals surface area contributed by atoms with Crippen molar-refractivity contribution in [3.63, 3.8) is 0 Å². The molecule has 118 valence electrons. The third-order valence-electron chi connectivity index (χ3n) is 4.43. The number of carbonyl (C=O) groups excluding carboxylic acids is 1. The number of benzene rings is 2. The molecule has 22 heavy (non-hydrogen) atoms. The van der Waals surface area contributed by atoms with Gasteiger partial charge in [-0.3, -0.25) is 4.79 Å². The van der Waals surface area contributed by atoms with Crippen molar-refractivity contribution in [2.24, 2.45) is 0 Å². The smallest absolute Gasteiger partial charge is 0.226 e. The largest absolute Gasteiger partial charge is 0.342 e. The van der Waals surface area contributed by atoms with Crippen molar-refractivity contribution in [1.29, 1.82) is 0 Å². The maximum Gasteiger partial charge on any atom is 0.226 e. The Labute approximate surface area is 138 Å². The number of amides is 1. The Morgan fingerprint density at radius 1 is 1.14 bits per heavy atom. The number of likely N-dealkylation sites (tertiary alicyclic amines) is 1. The summed E-state index contributed by atoms with van der Waals surface area (Å²) >= 11 is 0. The quantitative estimate of drug-likeness (QED) is 0.943. The third-order valence-corrected chi connectivity index (χ3v) is 4.43. The number of carbonyl (C=O) groups is 1. The first-order valence-corrected chi connectivity index (χ1v) is 7.69. The molecular formula is C18H23ClN2O. The zero-order valence-electron chi connectivity index (χ0n) is 12.9. The van der Waals surface area contributed by atoms with Crippen LogP contribution in [0.2, 0.25) is 0 Å². The molecule has 2 aromatic carbocycles. The fourth-order valence-electron chi connectivity index (χ4n) is 3.05. The van der Waals surface area contributed by atoms with E-state index in [9.17, 15) is 4.79 Å². The van der Waals surface area contributed by atoms with Gasteiger partial charge in [0.2, 0.25) is 5.91 Å². The lowest BCUT2D eigenvalue weighted by Crippen LogP contribution is -2.44. The number of halogens is 1. The zero-order chi connectivity index (χ0) is 14.7. The lowest BCUT2D eigenvalue weighted by atomic mass is 10.0. The summed E-state index contributed by atoms with van der Waals surface area (Å²) in [5.74, 6) is 0.250. The van der Waals surface area contributed by atoms with Crippen LogP contribution in [0.5, 0.6) is 0 Å². The molecule has 4 heteroatoms. The van der Waals surface area contributed by atoms with Crippen LogP contribution in [0.4, 0.5) is 0 Å². The highest BCUT2D eigenvalue weighted by molar-refractivity contribution is 5.86. The number of hydrogen-bond acceptors (Lipinski definition) is 2. The molecule has 1 fully saturated rings. The average Bonchev–Trinajstić information content (AvgIpc) is 2.55. The Kier molecular flexibility index (Phi) is 5.81. The zero-order valence-corrected chi connectivity index (χ0v) is 13.7. The minimum absolute atomic E-state index is 0. The second kappa shape index (κ2) is 7.61. The van der Waals surface area contributed by atoms with Gasteiger partial charge in [-0.25, -0.2) is 0 Å². The van der Waals surface area contributed by atoms with E-state index in [-0.39, 0.29) is 18.3 Å². The molecule has 0 aromatic heterocycles. The molecule has 1 heterocycles. The first-order chi connectivity index (χ1) is 10.3. The van der Waals surface area contributed by atoms with Crippen molar-refractivity contribution in [1.82, 2.24) is 10.2 Å². The van der Waals surface area contributed by atoms with Crippen molar-refractivity contribution in [3.8, 4) is 0 Å². The molecule has 1 amide bonds. The highest BCUT2D eigenvalue weighted by Crippen LogP contribution is 2.17. The van der Waals surface area contributed by atoms with Gasteiger partial charge in [-0.2, -0.15) is 0 Å². The van der Waals surface area contributed by atoms with Crippen LogP contribution >= 0.6 is 12.4 Å². The maximum atomic E-state index is 12.4. The fourth-order valence-corrected chi connectivity index (χ4v) is 3.05. The summed E-state index contributed by atoms with van der Waals surface area (Å²) in [4.78, 5) is 14.4. The van der Waals surface area contributed by atoms with Crippen LogP contribution in [-0.4, -0.2) is 37.0 Å². The molecule has 1 saturated heterocycles. The number of nitrogens with one attached hydrogen (secondary N) is 1. The van der Waals surface area contributed by atoms with Crippen molar-refractivity contribution in [3.05, 3.63) is 48.0 Å². The fraction of sp³-hybridized carbons (Fsp3) is 0.389. The van der Waals surface area contributed by atoms with Crippen LogP contribution < -0.4 is 5.32 Å². The SMILES string of the molecule is CNC1CCN(C(=O)Cc2ccc3ccccc3c2)CC1.Cl. The molecule has 1 aliphatic rings. The number of rotatable bonds is 3. The van der Waals surface area contributed by atoms with Crippen LogP contribution in [0, 0.1) is 0 Å². The topological polar surface area (TPSA) is 32.3 Å². The number of nitrogens with zero attached hydrogens (tertiary/aromatic N) is 1. The Hall–Kier alpha value is -1.58. The van der Waals surface area contributed by atoms with E-state index in [0.29, 0.717) is 12.5 Å². The van der Waals surface area contributed by atoms with Crippen molar-refractivity contribution < 1.29 is 4.79 Å². The van der Waals surface area contributed by atoms with E-state index in [1.54, 1.807) is 0 Å². The lowest BCUT2D eigenvalue weighted by Gasteiger charge is -2.32. The lowest BCUT2D eigenvalue weighted by molar-refractivity contribution is -0.131. The first-order valence-electron chi connectivity index (χ1n) is 7.69. The molecule has 0 spiro atoms. The predicted molar refractivity (Wildman–Crippen MR) is 93.6 cm³/mol. The average molecular weight is 319 g/mol. The Bertz CT molecular complexity index is 636. The molecule has 1 aliphatic heterocycles. The van der Waals surface area contributed by atoms with Crippen LogP contribution in [0.3, 0.4) is 0 Å². The summed E-state index contributed by atoms with van der Waals surface area (Å²) in [7, 11) is 2.00. The molecule has 0 bridgehead atoms. The Morgan fingerprint density at radius 3 is 2.50 bits per heavy atom. The van der Waals surface area contributed by atoms with Crippen LogP contribution in [-0.2, 0) is 11.2 Å².